The van der Waals surface area contributed by atoms with E-state index in [4.69, 9.17) is 4.74 Å². The molecule has 2 atom stereocenters. The lowest BCUT2D eigenvalue weighted by Gasteiger charge is -2.13. The largest absolute Gasteiger partial charge is 0.497 e. The number of methoxy groups -OCH3 is 1. The lowest BCUT2D eigenvalue weighted by molar-refractivity contribution is 0.241. The van der Waals surface area contributed by atoms with Gasteiger partial charge in [0.2, 0.25) is 0 Å². The molecule has 4 heteroatoms. The highest BCUT2D eigenvalue weighted by Crippen LogP contribution is 2.44. The maximum absolute atomic E-state index is 11.4. The van der Waals surface area contributed by atoms with E-state index >= 15 is 0 Å². The standard InChI is InChI=1S/C16H24N2O2/c1-4-17-16(19)18-8-7-12-9-11(2)14-6-5-13(20-3)10-15(12)14/h5-6,10-12H,4,7-9H2,1-3H3,(H2,17,18,19). The highest BCUT2D eigenvalue weighted by Gasteiger charge is 2.28. The highest BCUT2D eigenvalue weighted by atomic mass is 16.5. The van der Waals surface area contributed by atoms with Gasteiger partial charge in [0.15, 0.2) is 0 Å². The van der Waals surface area contributed by atoms with Gasteiger partial charge in [-0.05, 0) is 54.9 Å². The summed E-state index contributed by atoms with van der Waals surface area (Å²) < 4.78 is 5.32. The van der Waals surface area contributed by atoms with E-state index in [9.17, 15) is 4.79 Å². The van der Waals surface area contributed by atoms with Crippen molar-refractivity contribution in [2.24, 2.45) is 0 Å². The molecule has 1 aromatic carbocycles. The van der Waals surface area contributed by atoms with E-state index in [1.807, 2.05) is 13.0 Å². The van der Waals surface area contributed by atoms with Crippen LogP contribution in [0.25, 0.3) is 0 Å². The van der Waals surface area contributed by atoms with Gasteiger partial charge in [-0.15, -0.1) is 0 Å². The molecule has 0 bridgehead atoms. The van der Waals surface area contributed by atoms with Gasteiger partial charge < -0.3 is 15.4 Å². The predicted molar refractivity (Wildman–Crippen MR) is 80.5 cm³/mol. The van der Waals surface area contributed by atoms with Crippen LogP contribution in [0.5, 0.6) is 5.75 Å². The molecule has 2 N–H and O–H groups in total. The first-order chi connectivity index (χ1) is 9.65. The molecule has 2 unspecified atom stereocenters. The zero-order valence-electron chi connectivity index (χ0n) is 12.5. The Labute approximate surface area is 120 Å². The van der Waals surface area contributed by atoms with Crippen LogP contribution in [0.1, 0.15) is 49.7 Å². The lowest BCUT2D eigenvalue weighted by atomic mass is 9.97. The summed E-state index contributed by atoms with van der Waals surface area (Å²) in [5.41, 5.74) is 2.81. The molecule has 0 fully saturated rings. The van der Waals surface area contributed by atoms with Gasteiger partial charge in [0, 0.05) is 13.1 Å². The number of benzene rings is 1. The minimum Gasteiger partial charge on any atom is -0.497 e. The number of hydrogen-bond acceptors (Lipinski definition) is 2. The third-order valence-corrected chi connectivity index (χ3v) is 4.02. The van der Waals surface area contributed by atoms with Crippen LogP contribution in [-0.4, -0.2) is 26.2 Å². The number of urea groups is 1. The zero-order valence-corrected chi connectivity index (χ0v) is 12.5. The summed E-state index contributed by atoms with van der Waals surface area (Å²) in [4.78, 5) is 11.4. The van der Waals surface area contributed by atoms with Gasteiger partial charge in [-0.1, -0.05) is 13.0 Å². The third-order valence-electron chi connectivity index (χ3n) is 4.02. The fraction of sp³-hybridized carbons (Fsp3) is 0.562. The maximum atomic E-state index is 11.4. The predicted octanol–water partition coefficient (Wildman–Crippen LogP) is 3.00. The highest BCUT2D eigenvalue weighted by molar-refractivity contribution is 5.73. The van der Waals surface area contributed by atoms with Crippen molar-refractivity contribution in [2.75, 3.05) is 20.2 Å². The Morgan fingerprint density at radius 2 is 2.15 bits per heavy atom. The van der Waals surface area contributed by atoms with Crippen molar-refractivity contribution in [3.63, 3.8) is 0 Å². The summed E-state index contributed by atoms with van der Waals surface area (Å²) >= 11 is 0. The average molecular weight is 276 g/mol. The van der Waals surface area contributed by atoms with E-state index in [2.05, 4.69) is 29.7 Å². The molecule has 0 spiro atoms. The van der Waals surface area contributed by atoms with Crippen LogP contribution in [0.3, 0.4) is 0 Å². The van der Waals surface area contributed by atoms with Gasteiger partial charge in [-0.2, -0.15) is 0 Å². The summed E-state index contributed by atoms with van der Waals surface area (Å²) in [6.45, 7) is 5.55. The molecular weight excluding hydrogens is 252 g/mol. The van der Waals surface area contributed by atoms with Gasteiger partial charge in [0.25, 0.3) is 0 Å². The number of amides is 2. The molecule has 0 aliphatic heterocycles. The number of carbonyl (C=O) groups is 1. The Morgan fingerprint density at radius 1 is 1.35 bits per heavy atom. The summed E-state index contributed by atoms with van der Waals surface area (Å²) in [5, 5.41) is 5.65. The monoisotopic (exact) mass is 276 g/mol. The molecule has 20 heavy (non-hydrogen) atoms. The molecule has 110 valence electrons. The number of fused-ring (bicyclic) bond motifs is 1. The second kappa shape index (κ2) is 6.64. The Balaban J connectivity index is 1.96. The molecule has 1 aromatic rings. The van der Waals surface area contributed by atoms with Crippen molar-refractivity contribution in [2.45, 2.75) is 38.5 Å². The maximum Gasteiger partial charge on any atom is 0.314 e. The molecule has 0 radical (unpaired) electrons. The van der Waals surface area contributed by atoms with Gasteiger partial charge >= 0.3 is 6.03 Å². The second-order valence-electron chi connectivity index (χ2n) is 5.40. The van der Waals surface area contributed by atoms with Gasteiger partial charge in [-0.3, -0.25) is 0 Å². The van der Waals surface area contributed by atoms with Crippen molar-refractivity contribution in [1.29, 1.82) is 0 Å². The number of nitrogens with one attached hydrogen (secondary N) is 2. The minimum atomic E-state index is -0.0792. The van der Waals surface area contributed by atoms with Crippen molar-refractivity contribution in [1.82, 2.24) is 10.6 Å². The molecule has 0 saturated carbocycles. The van der Waals surface area contributed by atoms with E-state index in [0.717, 1.165) is 18.6 Å². The summed E-state index contributed by atoms with van der Waals surface area (Å²) in [6, 6.07) is 6.28. The quantitative estimate of drug-likeness (QED) is 0.868. The Morgan fingerprint density at radius 3 is 2.85 bits per heavy atom. The third kappa shape index (κ3) is 3.24. The molecule has 2 amide bonds. The first-order valence-corrected chi connectivity index (χ1v) is 7.35. The van der Waals surface area contributed by atoms with E-state index in [-0.39, 0.29) is 6.03 Å². The van der Waals surface area contributed by atoms with Crippen LogP contribution in [0.15, 0.2) is 18.2 Å². The summed E-state index contributed by atoms with van der Waals surface area (Å²) in [7, 11) is 1.70. The first-order valence-electron chi connectivity index (χ1n) is 7.35. The SMILES string of the molecule is CCNC(=O)NCCC1CC(C)c2ccc(OC)cc21. The van der Waals surface area contributed by atoms with Crippen LogP contribution in [-0.2, 0) is 0 Å². The van der Waals surface area contributed by atoms with Crippen molar-refractivity contribution in [3.8, 4) is 5.75 Å². The Kier molecular flexibility index (Phi) is 4.88. The lowest BCUT2D eigenvalue weighted by Crippen LogP contribution is -2.36. The van der Waals surface area contributed by atoms with Crippen molar-refractivity contribution >= 4 is 6.03 Å². The van der Waals surface area contributed by atoms with Crippen LogP contribution < -0.4 is 15.4 Å². The molecule has 2 rings (SSSR count). The van der Waals surface area contributed by atoms with Crippen LogP contribution >= 0.6 is 0 Å². The fourth-order valence-corrected chi connectivity index (χ4v) is 3.02. The van der Waals surface area contributed by atoms with Gasteiger partial charge in [0.05, 0.1) is 7.11 Å². The van der Waals surface area contributed by atoms with Gasteiger partial charge in [-0.25, -0.2) is 4.79 Å². The molecule has 0 saturated heterocycles. The smallest absolute Gasteiger partial charge is 0.314 e. The number of carbonyl (C=O) groups excluding carboxylic acids is 1. The van der Waals surface area contributed by atoms with E-state index in [1.165, 1.54) is 11.1 Å². The molecule has 1 aliphatic rings. The fourth-order valence-electron chi connectivity index (χ4n) is 3.02. The average Bonchev–Trinajstić information content (AvgIpc) is 2.75. The Hall–Kier alpha value is -1.71. The first kappa shape index (κ1) is 14.7. The molecule has 1 aliphatic carbocycles. The number of hydrogen-bond donors (Lipinski definition) is 2. The Bertz CT molecular complexity index is 474. The van der Waals surface area contributed by atoms with Crippen molar-refractivity contribution in [3.05, 3.63) is 29.3 Å². The van der Waals surface area contributed by atoms with Crippen LogP contribution in [0.2, 0.25) is 0 Å². The number of rotatable bonds is 5. The number of ether oxygens (including phenoxy) is 1. The zero-order chi connectivity index (χ0) is 14.5. The molecule has 0 aromatic heterocycles. The molecular formula is C16H24N2O2. The second-order valence-corrected chi connectivity index (χ2v) is 5.40. The van der Waals surface area contributed by atoms with Crippen molar-refractivity contribution < 1.29 is 9.53 Å². The molecule has 4 nitrogen and oxygen atoms in total. The minimum absolute atomic E-state index is 0.0792. The summed E-state index contributed by atoms with van der Waals surface area (Å²) in [6.07, 6.45) is 2.13. The van der Waals surface area contributed by atoms with E-state index < -0.39 is 0 Å². The van der Waals surface area contributed by atoms with E-state index in [1.54, 1.807) is 7.11 Å². The van der Waals surface area contributed by atoms with Crippen LogP contribution in [0, 0.1) is 0 Å². The van der Waals surface area contributed by atoms with E-state index in [0.29, 0.717) is 24.9 Å². The topological polar surface area (TPSA) is 50.4 Å². The van der Waals surface area contributed by atoms with Gasteiger partial charge in [0.1, 0.15) is 5.75 Å². The summed E-state index contributed by atoms with van der Waals surface area (Å²) in [5.74, 6) is 2.02. The van der Waals surface area contributed by atoms with Crippen LogP contribution in [0.4, 0.5) is 4.79 Å². The normalized spacial score (nSPS) is 20.4. The molecule has 0 heterocycles.